The molecule has 1 N–H and O–H groups in total. The van der Waals surface area contributed by atoms with Crippen molar-refractivity contribution < 1.29 is 14.6 Å². The van der Waals surface area contributed by atoms with Crippen LogP contribution in [0.2, 0.25) is 0 Å². The second kappa shape index (κ2) is 6.72. The van der Waals surface area contributed by atoms with Gasteiger partial charge in [-0.2, -0.15) is 0 Å². The Bertz CT molecular complexity index is 889. The van der Waals surface area contributed by atoms with E-state index in [0.29, 0.717) is 15.9 Å². The van der Waals surface area contributed by atoms with Crippen LogP contribution < -0.4 is 0 Å². The molecule has 2 aromatic rings. The first-order valence-corrected chi connectivity index (χ1v) is 10.6. The molecule has 2 aromatic heterocycles. The minimum absolute atomic E-state index is 0.481. The summed E-state index contributed by atoms with van der Waals surface area (Å²) < 4.78 is 5.47. The number of thiazole rings is 1. The summed E-state index contributed by atoms with van der Waals surface area (Å²) in [7, 11) is 0. The monoisotopic (exact) mass is 408 g/mol. The summed E-state index contributed by atoms with van der Waals surface area (Å²) in [5.74, 6) is 0. The Kier molecular flexibility index (Phi) is 4.98. The van der Waals surface area contributed by atoms with E-state index in [9.17, 15) is 9.90 Å². The Morgan fingerprint density at radius 2 is 2.04 bits per heavy atom. The highest BCUT2D eigenvalue weighted by molar-refractivity contribution is 7.98. The zero-order valence-corrected chi connectivity index (χ0v) is 18.2. The van der Waals surface area contributed by atoms with Crippen molar-refractivity contribution in [1.29, 1.82) is 0 Å². The molecule has 0 aromatic carbocycles. The van der Waals surface area contributed by atoms with Crippen LogP contribution in [0.1, 0.15) is 57.0 Å². The van der Waals surface area contributed by atoms with Crippen LogP contribution in [0.25, 0.3) is 10.7 Å². The number of ether oxygens (including phenoxy) is 1. The first-order chi connectivity index (χ1) is 12.5. The van der Waals surface area contributed by atoms with Crippen LogP contribution in [0.15, 0.2) is 11.4 Å². The summed E-state index contributed by atoms with van der Waals surface area (Å²) in [6.07, 6.45) is 1.98. The Hall–Kier alpha value is -1.71. The van der Waals surface area contributed by atoms with Gasteiger partial charge in [-0.15, -0.1) is 11.3 Å². The molecule has 0 saturated heterocycles. The summed E-state index contributed by atoms with van der Waals surface area (Å²) in [5.41, 5.74) is 0.760. The standard InChI is InChI=1S/C18H24N4O3S2/c1-9-8-19-15(26-7)21-10(9)13-20-11-12(27-13)18(5,6)22(14(11)23)16(24)25-17(2,3)4/h8,14,23H,1-7H3. The summed E-state index contributed by atoms with van der Waals surface area (Å²) in [6.45, 7) is 11.1. The number of rotatable bonds is 2. The average Bonchev–Trinajstić information content (AvgIpc) is 3.05. The minimum atomic E-state index is -1.16. The number of hydrogen-bond acceptors (Lipinski definition) is 8. The molecule has 1 unspecified atom stereocenters. The van der Waals surface area contributed by atoms with Crippen molar-refractivity contribution >= 4 is 29.2 Å². The zero-order chi connectivity index (χ0) is 20.1. The van der Waals surface area contributed by atoms with Crippen LogP contribution >= 0.6 is 23.1 Å². The van der Waals surface area contributed by atoms with E-state index >= 15 is 0 Å². The predicted octanol–water partition coefficient (Wildman–Crippen LogP) is 4.11. The van der Waals surface area contributed by atoms with Crippen LogP contribution in [-0.2, 0) is 10.3 Å². The lowest BCUT2D eigenvalue weighted by Crippen LogP contribution is -2.45. The first kappa shape index (κ1) is 20.0. The molecule has 0 bridgehead atoms. The van der Waals surface area contributed by atoms with Gasteiger partial charge in [0.1, 0.15) is 22.0 Å². The van der Waals surface area contributed by atoms with Crippen molar-refractivity contribution in [3.05, 3.63) is 22.3 Å². The maximum atomic E-state index is 12.6. The highest BCUT2D eigenvalue weighted by atomic mass is 32.2. The molecule has 146 valence electrons. The normalized spacial score (nSPS) is 18.5. The molecule has 27 heavy (non-hydrogen) atoms. The zero-order valence-electron chi connectivity index (χ0n) is 16.5. The number of fused-ring (bicyclic) bond motifs is 1. The second-order valence-electron chi connectivity index (χ2n) is 7.90. The molecule has 0 spiro atoms. The number of carbonyl (C=O) groups is 1. The summed E-state index contributed by atoms with van der Waals surface area (Å²) in [4.78, 5) is 28.3. The van der Waals surface area contributed by atoms with E-state index in [0.717, 1.165) is 16.1 Å². The lowest BCUT2D eigenvalue weighted by Gasteiger charge is -2.35. The fourth-order valence-electron chi connectivity index (χ4n) is 2.96. The topological polar surface area (TPSA) is 88.4 Å². The van der Waals surface area contributed by atoms with Crippen molar-refractivity contribution in [2.45, 2.75) is 64.1 Å². The van der Waals surface area contributed by atoms with Crippen molar-refractivity contribution in [3.63, 3.8) is 0 Å². The van der Waals surface area contributed by atoms with Gasteiger partial charge >= 0.3 is 6.09 Å². The number of carbonyl (C=O) groups excluding carboxylic acids is 1. The number of aliphatic hydroxyl groups excluding tert-OH is 1. The molecule has 1 atom stereocenters. The third-order valence-corrected chi connectivity index (χ3v) is 6.18. The molecule has 0 aliphatic carbocycles. The van der Waals surface area contributed by atoms with E-state index in [2.05, 4.69) is 15.0 Å². The molecule has 0 saturated carbocycles. The fourth-order valence-corrected chi connectivity index (χ4v) is 4.55. The molecular formula is C18H24N4O3S2. The fraction of sp³-hybridized carbons (Fsp3) is 0.556. The Morgan fingerprint density at radius 1 is 1.37 bits per heavy atom. The Morgan fingerprint density at radius 3 is 2.59 bits per heavy atom. The number of aromatic nitrogens is 3. The SMILES string of the molecule is CSc1ncc(C)c(-c2nc3c(s2)C(C)(C)N(C(=O)OC(C)(C)C)C3O)n1. The van der Waals surface area contributed by atoms with Crippen molar-refractivity contribution in [2.24, 2.45) is 0 Å². The smallest absolute Gasteiger partial charge is 0.413 e. The molecule has 1 aliphatic rings. The van der Waals surface area contributed by atoms with Crippen molar-refractivity contribution in [2.75, 3.05) is 6.26 Å². The van der Waals surface area contributed by atoms with Crippen LogP contribution in [0, 0.1) is 6.92 Å². The molecule has 9 heteroatoms. The third-order valence-electron chi connectivity index (χ3n) is 4.23. The number of nitrogens with zero attached hydrogens (tertiary/aromatic N) is 4. The maximum Gasteiger partial charge on any atom is 0.413 e. The van der Waals surface area contributed by atoms with Crippen LogP contribution in [0.3, 0.4) is 0 Å². The minimum Gasteiger partial charge on any atom is -0.444 e. The van der Waals surface area contributed by atoms with E-state index in [1.807, 2.05) is 27.0 Å². The van der Waals surface area contributed by atoms with Gasteiger partial charge in [0.15, 0.2) is 11.4 Å². The summed E-state index contributed by atoms with van der Waals surface area (Å²) >= 11 is 2.90. The van der Waals surface area contributed by atoms with Gasteiger partial charge in [-0.3, -0.25) is 4.90 Å². The highest BCUT2D eigenvalue weighted by Gasteiger charge is 2.50. The van der Waals surface area contributed by atoms with E-state index in [4.69, 9.17) is 4.74 Å². The molecule has 3 heterocycles. The Labute approximate surface area is 167 Å². The van der Waals surface area contributed by atoms with Crippen molar-refractivity contribution in [1.82, 2.24) is 19.9 Å². The number of aryl methyl sites for hydroxylation is 1. The maximum absolute atomic E-state index is 12.6. The Balaban J connectivity index is 2.00. The van der Waals surface area contributed by atoms with E-state index < -0.39 is 23.5 Å². The lowest BCUT2D eigenvalue weighted by molar-refractivity contribution is -0.0575. The highest BCUT2D eigenvalue weighted by Crippen LogP contribution is 2.49. The molecular weight excluding hydrogens is 384 g/mol. The van der Waals surface area contributed by atoms with Gasteiger partial charge in [0.05, 0.1) is 10.4 Å². The molecule has 0 fully saturated rings. The number of aliphatic hydroxyl groups is 1. The predicted molar refractivity (Wildman–Crippen MR) is 106 cm³/mol. The lowest BCUT2D eigenvalue weighted by atomic mass is 10.1. The number of hydrogen-bond donors (Lipinski definition) is 1. The second-order valence-corrected chi connectivity index (χ2v) is 9.68. The van der Waals surface area contributed by atoms with Gasteiger partial charge in [0.25, 0.3) is 0 Å². The van der Waals surface area contributed by atoms with E-state index in [-0.39, 0.29) is 0 Å². The van der Waals surface area contributed by atoms with Gasteiger partial charge in [0, 0.05) is 6.20 Å². The van der Waals surface area contributed by atoms with E-state index in [1.165, 1.54) is 28.0 Å². The summed E-state index contributed by atoms with van der Waals surface area (Å²) in [6, 6.07) is 0. The average molecular weight is 409 g/mol. The largest absolute Gasteiger partial charge is 0.444 e. The van der Waals surface area contributed by atoms with Crippen LogP contribution in [-0.4, -0.2) is 42.9 Å². The number of amides is 1. The van der Waals surface area contributed by atoms with Crippen LogP contribution in [0.4, 0.5) is 4.79 Å². The molecule has 1 aliphatic heterocycles. The van der Waals surface area contributed by atoms with Gasteiger partial charge in [-0.25, -0.2) is 19.7 Å². The molecule has 1 amide bonds. The van der Waals surface area contributed by atoms with Crippen LogP contribution in [0.5, 0.6) is 0 Å². The van der Waals surface area contributed by atoms with Gasteiger partial charge in [-0.05, 0) is 53.4 Å². The van der Waals surface area contributed by atoms with Gasteiger partial charge in [-0.1, -0.05) is 11.8 Å². The summed E-state index contributed by atoms with van der Waals surface area (Å²) in [5, 5.41) is 12.2. The quantitative estimate of drug-likeness (QED) is 0.591. The molecule has 3 rings (SSSR count). The molecule has 0 radical (unpaired) electrons. The van der Waals surface area contributed by atoms with E-state index in [1.54, 1.807) is 27.0 Å². The van der Waals surface area contributed by atoms with Gasteiger partial charge < -0.3 is 9.84 Å². The third kappa shape index (κ3) is 3.55. The molecule has 7 nitrogen and oxygen atoms in total. The first-order valence-electron chi connectivity index (χ1n) is 8.55. The van der Waals surface area contributed by atoms with Gasteiger partial charge in [0.2, 0.25) is 0 Å². The number of thioether (sulfide) groups is 1. The van der Waals surface area contributed by atoms with Crippen molar-refractivity contribution in [3.8, 4) is 10.7 Å².